The molecular weight excluding hydrogens is 206 g/mol. The minimum Gasteiger partial charge on any atom is -0.481 e. The van der Waals surface area contributed by atoms with Crippen LogP contribution in [0.3, 0.4) is 0 Å². The molecule has 1 N–H and O–H groups in total. The number of carboxylic acids is 1. The van der Waals surface area contributed by atoms with E-state index < -0.39 is 5.97 Å². The van der Waals surface area contributed by atoms with E-state index in [-0.39, 0.29) is 24.3 Å². The van der Waals surface area contributed by atoms with E-state index in [1.54, 1.807) is 0 Å². The number of amides is 1. The Hall–Kier alpha value is -1.06. The Bertz CT molecular complexity index is 299. The van der Waals surface area contributed by atoms with Gasteiger partial charge in [0.15, 0.2) is 0 Å². The average Bonchev–Trinajstić information content (AvgIpc) is 2.98. The fraction of sp³-hybridized carbons (Fsp3) is 0.833. The van der Waals surface area contributed by atoms with Gasteiger partial charge in [-0.25, -0.2) is 0 Å². The SMILES string of the molecule is C[C@@H]1[C@@H](CC(=O)O)CCCC(=O)N1C1CC1. The third kappa shape index (κ3) is 2.36. The molecule has 1 saturated carbocycles. The standard InChI is InChI=1S/C12H19NO3/c1-8-9(7-12(15)16)3-2-4-11(14)13(8)10-5-6-10/h8-10H,2-7H2,1H3,(H,15,16)/t8-,9-/m1/s1. The van der Waals surface area contributed by atoms with Gasteiger partial charge in [0.2, 0.25) is 5.91 Å². The van der Waals surface area contributed by atoms with Crippen LogP contribution < -0.4 is 0 Å². The predicted molar refractivity (Wildman–Crippen MR) is 58.9 cm³/mol. The molecule has 1 aliphatic heterocycles. The Balaban J connectivity index is 2.09. The summed E-state index contributed by atoms with van der Waals surface area (Å²) in [7, 11) is 0. The van der Waals surface area contributed by atoms with Crippen LogP contribution in [-0.2, 0) is 9.59 Å². The fourth-order valence-electron chi connectivity index (χ4n) is 2.73. The van der Waals surface area contributed by atoms with Crippen LogP contribution >= 0.6 is 0 Å². The van der Waals surface area contributed by atoms with Crippen LogP contribution in [0.25, 0.3) is 0 Å². The smallest absolute Gasteiger partial charge is 0.303 e. The first-order valence-corrected chi connectivity index (χ1v) is 6.12. The van der Waals surface area contributed by atoms with Gasteiger partial charge in [0.05, 0.1) is 6.42 Å². The summed E-state index contributed by atoms with van der Waals surface area (Å²) in [5.41, 5.74) is 0. The van der Waals surface area contributed by atoms with Gasteiger partial charge in [0.25, 0.3) is 0 Å². The summed E-state index contributed by atoms with van der Waals surface area (Å²) in [6, 6.07) is 0.496. The summed E-state index contributed by atoms with van der Waals surface area (Å²) < 4.78 is 0. The summed E-state index contributed by atoms with van der Waals surface area (Å²) in [5, 5.41) is 8.88. The van der Waals surface area contributed by atoms with Crippen molar-refractivity contribution in [2.75, 3.05) is 0 Å². The Morgan fingerprint density at radius 2 is 2.12 bits per heavy atom. The lowest BCUT2D eigenvalue weighted by atomic mass is 9.92. The van der Waals surface area contributed by atoms with Gasteiger partial charge in [-0.3, -0.25) is 9.59 Å². The molecule has 16 heavy (non-hydrogen) atoms. The number of carboxylic acid groups (broad SMARTS) is 1. The highest BCUT2D eigenvalue weighted by atomic mass is 16.4. The summed E-state index contributed by atoms with van der Waals surface area (Å²) >= 11 is 0. The summed E-state index contributed by atoms with van der Waals surface area (Å²) in [4.78, 5) is 24.7. The van der Waals surface area contributed by atoms with Crippen molar-refractivity contribution in [3.63, 3.8) is 0 Å². The topological polar surface area (TPSA) is 57.6 Å². The first-order chi connectivity index (χ1) is 7.59. The van der Waals surface area contributed by atoms with Gasteiger partial charge in [-0.2, -0.15) is 0 Å². The molecule has 4 nitrogen and oxygen atoms in total. The van der Waals surface area contributed by atoms with E-state index in [1.807, 2.05) is 11.8 Å². The highest BCUT2D eigenvalue weighted by Gasteiger charge is 2.40. The lowest BCUT2D eigenvalue weighted by molar-refractivity contribution is -0.140. The van der Waals surface area contributed by atoms with E-state index in [9.17, 15) is 9.59 Å². The zero-order valence-corrected chi connectivity index (χ0v) is 9.69. The normalized spacial score (nSPS) is 31.3. The van der Waals surface area contributed by atoms with Crippen LogP contribution in [0, 0.1) is 5.92 Å². The van der Waals surface area contributed by atoms with Crippen LogP contribution in [0.4, 0.5) is 0 Å². The lowest BCUT2D eigenvalue weighted by Gasteiger charge is -2.32. The van der Waals surface area contributed by atoms with Crippen molar-refractivity contribution in [3.8, 4) is 0 Å². The predicted octanol–water partition coefficient (Wildman–Crippen LogP) is 1.64. The molecule has 1 saturated heterocycles. The maximum Gasteiger partial charge on any atom is 0.303 e. The number of rotatable bonds is 3. The minimum atomic E-state index is -0.748. The van der Waals surface area contributed by atoms with Gasteiger partial charge >= 0.3 is 5.97 Å². The third-order valence-corrected chi connectivity index (χ3v) is 3.75. The molecule has 2 fully saturated rings. The van der Waals surface area contributed by atoms with E-state index >= 15 is 0 Å². The number of aliphatic carboxylic acids is 1. The number of carbonyl (C=O) groups excluding carboxylic acids is 1. The van der Waals surface area contributed by atoms with E-state index in [4.69, 9.17) is 5.11 Å². The minimum absolute atomic E-state index is 0.0959. The van der Waals surface area contributed by atoms with Gasteiger partial charge in [-0.05, 0) is 38.5 Å². The van der Waals surface area contributed by atoms with Gasteiger partial charge in [0.1, 0.15) is 0 Å². The van der Waals surface area contributed by atoms with Crippen LogP contribution in [-0.4, -0.2) is 34.0 Å². The molecule has 0 spiro atoms. The zero-order chi connectivity index (χ0) is 11.7. The highest BCUT2D eigenvalue weighted by Crippen LogP contribution is 2.35. The molecule has 90 valence electrons. The van der Waals surface area contributed by atoms with Gasteiger partial charge in [0, 0.05) is 18.5 Å². The van der Waals surface area contributed by atoms with E-state index in [0.717, 1.165) is 25.7 Å². The molecule has 1 heterocycles. The van der Waals surface area contributed by atoms with E-state index in [1.165, 1.54) is 0 Å². The Kier molecular flexibility index (Phi) is 3.17. The summed E-state index contributed by atoms with van der Waals surface area (Å²) in [6.45, 7) is 2.01. The second-order valence-corrected chi connectivity index (χ2v) is 5.02. The van der Waals surface area contributed by atoms with Crippen molar-refractivity contribution < 1.29 is 14.7 Å². The molecule has 0 aromatic heterocycles. The summed E-state index contributed by atoms with van der Waals surface area (Å²) in [6.07, 6.45) is 4.67. The lowest BCUT2D eigenvalue weighted by Crippen LogP contribution is -2.43. The fourth-order valence-corrected chi connectivity index (χ4v) is 2.73. The molecule has 2 rings (SSSR count). The number of hydrogen-bond donors (Lipinski definition) is 1. The molecule has 0 unspecified atom stereocenters. The Morgan fingerprint density at radius 1 is 1.44 bits per heavy atom. The quantitative estimate of drug-likeness (QED) is 0.794. The van der Waals surface area contributed by atoms with Gasteiger partial charge in [-0.1, -0.05) is 0 Å². The van der Waals surface area contributed by atoms with E-state index in [0.29, 0.717) is 12.5 Å². The van der Waals surface area contributed by atoms with Crippen LogP contribution in [0.2, 0.25) is 0 Å². The number of likely N-dealkylation sites (tertiary alicyclic amines) is 1. The molecule has 1 aliphatic carbocycles. The Labute approximate surface area is 95.6 Å². The van der Waals surface area contributed by atoms with Crippen molar-refractivity contribution >= 4 is 11.9 Å². The second-order valence-electron chi connectivity index (χ2n) is 5.02. The van der Waals surface area contributed by atoms with E-state index in [2.05, 4.69) is 0 Å². The largest absolute Gasteiger partial charge is 0.481 e. The second kappa shape index (κ2) is 4.44. The molecule has 0 aromatic carbocycles. The summed E-state index contributed by atoms with van der Waals surface area (Å²) in [5.74, 6) is -0.394. The van der Waals surface area contributed by atoms with Crippen molar-refractivity contribution in [1.29, 1.82) is 0 Å². The molecule has 2 atom stereocenters. The molecule has 0 bridgehead atoms. The monoisotopic (exact) mass is 225 g/mol. The number of hydrogen-bond acceptors (Lipinski definition) is 2. The Morgan fingerprint density at radius 3 is 2.69 bits per heavy atom. The molecule has 2 aliphatic rings. The van der Waals surface area contributed by atoms with Crippen LogP contribution in [0.15, 0.2) is 0 Å². The van der Waals surface area contributed by atoms with Gasteiger partial charge in [-0.15, -0.1) is 0 Å². The molecule has 0 aromatic rings. The van der Waals surface area contributed by atoms with Crippen molar-refractivity contribution in [1.82, 2.24) is 4.90 Å². The van der Waals surface area contributed by atoms with Crippen molar-refractivity contribution in [2.45, 2.75) is 57.5 Å². The van der Waals surface area contributed by atoms with Crippen molar-refractivity contribution in [2.24, 2.45) is 5.92 Å². The zero-order valence-electron chi connectivity index (χ0n) is 9.69. The molecule has 4 heteroatoms. The van der Waals surface area contributed by atoms with Crippen molar-refractivity contribution in [3.05, 3.63) is 0 Å². The number of carbonyl (C=O) groups is 2. The van der Waals surface area contributed by atoms with Crippen LogP contribution in [0.1, 0.15) is 45.4 Å². The third-order valence-electron chi connectivity index (χ3n) is 3.75. The maximum atomic E-state index is 11.9. The maximum absolute atomic E-state index is 11.9. The number of nitrogens with zero attached hydrogens (tertiary/aromatic N) is 1. The van der Waals surface area contributed by atoms with Gasteiger partial charge < -0.3 is 10.0 Å². The average molecular weight is 225 g/mol. The first-order valence-electron chi connectivity index (χ1n) is 6.12. The highest BCUT2D eigenvalue weighted by molar-refractivity contribution is 5.77. The van der Waals surface area contributed by atoms with Crippen LogP contribution in [0.5, 0.6) is 0 Å². The first kappa shape index (κ1) is 11.4. The molecular formula is C12H19NO3. The molecule has 1 amide bonds. The molecule has 0 radical (unpaired) electrons.